The zero-order valence-corrected chi connectivity index (χ0v) is 10.5. The third-order valence-electron chi connectivity index (χ3n) is 2.75. The number of anilines is 1. The minimum atomic E-state index is -0.194. The summed E-state index contributed by atoms with van der Waals surface area (Å²) in [7, 11) is 1.40. The van der Waals surface area contributed by atoms with Gasteiger partial charge in [0.1, 0.15) is 5.75 Å². The average Bonchev–Trinajstić information content (AvgIpc) is 2.28. The molecule has 1 aromatic carbocycles. The van der Waals surface area contributed by atoms with Gasteiger partial charge in [0.25, 0.3) is 0 Å². The van der Waals surface area contributed by atoms with Gasteiger partial charge in [-0.05, 0) is 30.2 Å². The standard InChI is InChI=1S/C12H15NO3.ClH/c1-15-12(14)5-8-4-9-6-10(13)2-3-11(9)16-7-8;/h2-3,6,8H,4-5,7,13H2,1H3;1H. The zero-order valence-electron chi connectivity index (χ0n) is 9.64. The lowest BCUT2D eigenvalue weighted by Gasteiger charge is -2.24. The highest BCUT2D eigenvalue weighted by atomic mass is 35.5. The second kappa shape index (κ2) is 5.77. The molecule has 0 amide bonds. The lowest BCUT2D eigenvalue weighted by atomic mass is 9.94. The van der Waals surface area contributed by atoms with Gasteiger partial charge in [0, 0.05) is 11.6 Å². The number of fused-ring (bicyclic) bond motifs is 1. The molecule has 0 saturated carbocycles. The van der Waals surface area contributed by atoms with Crippen LogP contribution in [0.2, 0.25) is 0 Å². The van der Waals surface area contributed by atoms with Gasteiger partial charge >= 0.3 is 5.97 Å². The van der Waals surface area contributed by atoms with Crippen molar-refractivity contribution in [3.05, 3.63) is 23.8 Å². The van der Waals surface area contributed by atoms with E-state index in [0.29, 0.717) is 13.0 Å². The molecular weight excluding hydrogens is 242 g/mol. The quantitative estimate of drug-likeness (QED) is 0.648. The molecule has 0 bridgehead atoms. The largest absolute Gasteiger partial charge is 0.493 e. The van der Waals surface area contributed by atoms with Gasteiger partial charge in [-0.2, -0.15) is 0 Å². The van der Waals surface area contributed by atoms with Crippen LogP contribution < -0.4 is 10.5 Å². The summed E-state index contributed by atoms with van der Waals surface area (Å²) in [5.41, 5.74) is 7.50. The van der Waals surface area contributed by atoms with E-state index >= 15 is 0 Å². The van der Waals surface area contributed by atoms with Crippen molar-refractivity contribution in [2.24, 2.45) is 5.92 Å². The second-order valence-electron chi connectivity index (χ2n) is 4.03. The molecule has 2 rings (SSSR count). The minimum Gasteiger partial charge on any atom is -0.493 e. The number of halogens is 1. The van der Waals surface area contributed by atoms with E-state index in [2.05, 4.69) is 4.74 Å². The van der Waals surface area contributed by atoms with Crippen LogP contribution in [0.15, 0.2) is 18.2 Å². The fourth-order valence-corrected chi connectivity index (χ4v) is 1.93. The number of esters is 1. The first-order valence-corrected chi connectivity index (χ1v) is 5.27. The molecule has 0 aliphatic carbocycles. The first-order chi connectivity index (χ1) is 7.69. The molecule has 1 atom stereocenters. The van der Waals surface area contributed by atoms with E-state index in [1.54, 1.807) is 0 Å². The first kappa shape index (κ1) is 13.6. The maximum Gasteiger partial charge on any atom is 0.305 e. The van der Waals surface area contributed by atoms with Gasteiger partial charge < -0.3 is 15.2 Å². The average molecular weight is 258 g/mol. The summed E-state index contributed by atoms with van der Waals surface area (Å²) in [5.74, 6) is 0.859. The highest BCUT2D eigenvalue weighted by Crippen LogP contribution is 2.30. The van der Waals surface area contributed by atoms with Crippen molar-refractivity contribution in [1.29, 1.82) is 0 Å². The van der Waals surface area contributed by atoms with Crippen LogP contribution in [0.25, 0.3) is 0 Å². The Kier molecular flexibility index (Phi) is 4.63. The van der Waals surface area contributed by atoms with Gasteiger partial charge in [0.05, 0.1) is 20.1 Å². The predicted molar refractivity (Wildman–Crippen MR) is 67.4 cm³/mol. The van der Waals surface area contributed by atoms with Crippen LogP contribution in [-0.4, -0.2) is 19.7 Å². The second-order valence-corrected chi connectivity index (χ2v) is 4.03. The molecule has 5 heteroatoms. The van der Waals surface area contributed by atoms with Crippen molar-refractivity contribution < 1.29 is 14.3 Å². The Hall–Kier alpha value is -1.42. The van der Waals surface area contributed by atoms with Gasteiger partial charge in [-0.15, -0.1) is 12.4 Å². The van der Waals surface area contributed by atoms with Crippen molar-refractivity contribution in [3.8, 4) is 5.75 Å². The maximum atomic E-state index is 11.2. The molecule has 0 spiro atoms. The molecule has 1 aromatic rings. The number of rotatable bonds is 2. The molecule has 2 N–H and O–H groups in total. The number of nitrogens with two attached hydrogens (primary N) is 1. The summed E-state index contributed by atoms with van der Waals surface area (Å²) in [5, 5.41) is 0. The SMILES string of the molecule is COC(=O)CC1COc2ccc(N)cc2C1.Cl. The normalized spacial score (nSPS) is 17.4. The summed E-state index contributed by atoms with van der Waals surface area (Å²) < 4.78 is 10.2. The monoisotopic (exact) mass is 257 g/mol. The van der Waals surface area contributed by atoms with Crippen LogP contribution in [0.5, 0.6) is 5.75 Å². The Labute approximate surface area is 106 Å². The summed E-state index contributed by atoms with van der Waals surface area (Å²) in [4.78, 5) is 11.2. The molecule has 1 unspecified atom stereocenters. The number of hydrogen-bond donors (Lipinski definition) is 1. The van der Waals surface area contributed by atoms with E-state index in [1.807, 2.05) is 18.2 Å². The van der Waals surface area contributed by atoms with E-state index < -0.39 is 0 Å². The molecule has 0 aromatic heterocycles. The Morgan fingerprint density at radius 3 is 3.06 bits per heavy atom. The van der Waals surface area contributed by atoms with Crippen molar-refractivity contribution in [3.63, 3.8) is 0 Å². The van der Waals surface area contributed by atoms with E-state index in [4.69, 9.17) is 10.5 Å². The zero-order chi connectivity index (χ0) is 11.5. The third kappa shape index (κ3) is 3.27. The number of nitrogen functional groups attached to an aromatic ring is 1. The molecule has 0 fully saturated rings. The fourth-order valence-electron chi connectivity index (χ4n) is 1.93. The molecule has 4 nitrogen and oxygen atoms in total. The van der Waals surface area contributed by atoms with Gasteiger partial charge in [-0.25, -0.2) is 0 Å². The van der Waals surface area contributed by atoms with E-state index in [-0.39, 0.29) is 24.3 Å². The summed E-state index contributed by atoms with van der Waals surface area (Å²) in [6, 6.07) is 5.59. The molecule has 1 heterocycles. The van der Waals surface area contributed by atoms with Crippen molar-refractivity contribution in [2.45, 2.75) is 12.8 Å². The summed E-state index contributed by atoms with van der Waals surface area (Å²) >= 11 is 0. The highest BCUT2D eigenvalue weighted by Gasteiger charge is 2.22. The Morgan fingerprint density at radius 1 is 1.59 bits per heavy atom. The van der Waals surface area contributed by atoms with E-state index in [0.717, 1.165) is 23.4 Å². The van der Waals surface area contributed by atoms with E-state index in [9.17, 15) is 4.79 Å². The molecular formula is C12H16ClNO3. The minimum absolute atomic E-state index is 0. The number of methoxy groups -OCH3 is 1. The van der Waals surface area contributed by atoms with E-state index in [1.165, 1.54) is 7.11 Å². The Bertz CT molecular complexity index is 409. The lowest BCUT2D eigenvalue weighted by Crippen LogP contribution is -2.24. The number of benzene rings is 1. The van der Waals surface area contributed by atoms with Crippen LogP contribution in [0.1, 0.15) is 12.0 Å². The van der Waals surface area contributed by atoms with Crippen molar-refractivity contribution in [1.82, 2.24) is 0 Å². The molecule has 0 radical (unpaired) electrons. The van der Waals surface area contributed by atoms with Crippen LogP contribution in [0.4, 0.5) is 5.69 Å². The molecule has 94 valence electrons. The molecule has 1 aliphatic rings. The van der Waals surface area contributed by atoms with Crippen LogP contribution in [0.3, 0.4) is 0 Å². The lowest BCUT2D eigenvalue weighted by molar-refractivity contribution is -0.142. The van der Waals surface area contributed by atoms with Crippen LogP contribution in [-0.2, 0) is 16.0 Å². The van der Waals surface area contributed by atoms with Gasteiger partial charge in [-0.3, -0.25) is 4.79 Å². The predicted octanol–water partition coefficient (Wildman–Crippen LogP) is 1.80. The molecule has 17 heavy (non-hydrogen) atoms. The maximum absolute atomic E-state index is 11.2. The van der Waals surface area contributed by atoms with Gasteiger partial charge in [0.2, 0.25) is 0 Å². The topological polar surface area (TPSA) is 61.5 Å². The van der Waals surface area contributed by atoms with Crippen LogP contribution >= 0.6 is 12.4 Å². The Morgan fingerprint density at radius 2 is 2.35 bits per heavy atom. The number of carbonyl (C=O) groups is 1. The molecule has 0 saturated heterocycles. The molecule has 1 aliphatic heterocycles. The van der Waals surface area contributed by atoms with Crippen molar-refractivity contribution in [2.75, 3.05) is 19.5 Å². The summed E-state index contributed by atoms with van der Waals surface area (Å²) in [6.07, 6.45) is 1.21. The third-order valence-corrected chi connectivity index (χ3v) is 2.75. The van der Waals surface area contributed by atoms with Crippen molar-refractivity contribution >= 4 is 24.1 Å². The van der Waals surface area contributed by atoms with Gasteiger partial charge in [0.15, 0.2) is 0 Å². The summed E-state index contributed by atoms with van der Waals surface area (Å²) in [6.45, 7) is 0.562. The number of hydrogen-bond acceptors (Lipinski definition) is 4. The fraction of sp³-hybridized carbons (Fsp3) is 0.417. The number of ether oxygens (including phenoxy) is 2. The van der Waals surface area contributed by atoms with Gasteiger partial charge in [-0.1, -0.05) is 0 Å². The highest BCUT2D eigenvalue weighted by molar-refractivity contribution is 5.85. The Balaban J connectivity index is 0.00000144. The number of carbonyl (C=O) groups excluding carboxylic acids is 1. The smallest absolute Gasteiger partial charge is 0.305 e. The first-order valence-electron chi connectivity index (χ1n) is 5.27. The van der Waals surface area contributed by atoms with Crippen LogP contribution in [0, 0.1) is 5.92 Å².